The maximum Gasteiger partial charge on any atom is 0.312 e. The van der Waals surface area contributed by atoms with E-state index in [0.29, 0.717) is 22.9 Å². The Morgan fingerprint density at radius 2 is 1.88 bits per heavy atom. The number of benzene rings is 2. The van der Waals surface area contributed by atoms with Crippen LogP contribution in [0.3, 0.4) is 0 Å². The molecule has 1 saturated heterocycles. The summed E-state index contributed by atoms with van der Waals surface area (Å²) < 4.78 is 5.91. The lowest BCUT2D eigenvalue weighted by molar-refractivity contribution is -0.171. The van der Waals surface area contributed by atoms with Crippen molar-refractivity contribution < 1.29 is 9.53 Å². The number of hydrogen-bond donors (Lipinski definition) is 0. The van der Waals surface area contributed by atoms with E-state index in [0.717, 1.165) is 11.1 Å². The van der Waals surface area contributed by atoms with E-state index in [1.54, 1.807) is 6.08 Å². The first-order valence-electron chi connectivity index (χ1n) is 8.26. The minimum absolute atomic E-state index is 0.0162. The molecule has 130 valence electrons. The summed E-state index contributed by atoms with van der Waals surface area (Å²) in [7, 11) is 0. The van der Waals surface area contributed by atoms with Crippen LogP contribution in [0.2, 0.25) is 10.0 Å². The van der Waals surface area contributed by atoms with E-state index in [9.17, 15) is 4.79 Å². The zero-order valence-electron chi connectivity index (χ0n) is 14.0. The zero-order chi connectivity index (χ0) is 18.0. The number of esters is 1. The molecule has 0 bridgehead atoms. The molecule has 1 unspecified atom stereocenters. The molecule has 0 N–H and O–H groups in total. The molecule has 0 saturated carbocycles. The topological polar surface area (TPSA) is 26.3 Å². The van der Waals surface area contributed by atoms with E-state index < -0.39 is 5.41 Å². The van der Waals surface area contributed by atoms with Crippen LogP contribution in [0.15, 0.2) is 61.2 Å². The fourth-order valence-corrected chi connectivity index (χ4v) is 3.81. The molecule has 1 aliphatic heterocycles. The van der Waals surface area contributed by atoms with Crippen molar-refractivity contribution in [2.24, 2.45) is 5.41 Å². The van der Waals surface area contributed by atoms with Gasteiger partial charge in [-0.25, -0.2) is 0 Å². The second-order valence-corrected chi connectivity index (χ2v) is 7.67. The minimum Gasteiger partial charge on any atom is -0.456 e. The van der Waals surface area contributed by atoms with Crippen LogP contribution in [0, 0.1) is 5.41 Å². The monoisotopic (exact) mass is 374 g/mol. The predicted molar refractivity (Wildman–Crippen MR) is 102 cm³/mol. The smallest absolute Gasteiger partial charge is 0.312 e. The van der Waals surface area contributed by atoms with Gasteiger partial charge in [0.05, 0.1) is 5.41 Å². The van der Waals surface area contributed by atoms with Crippen LogP contribution in [0.25, 0.3) is 0 Å². The van der Waals surface area contributed by atoms with Gasteiger partial charge in [0.15, 0.2) is 0 Å². The van der Waals surface area contributed by atoms with Crippen molar-refractivity contribution in [3.8, 4) is 0 Å². The van der Waals surface area contributed by atoms with Crippen LogP contribution in [0.5, 0.6) is 0 Å². The summed E-state index contributed by atoms with van der Waals surface area (Å²) >= 11 is 12.2. The molecular formula is C21H20Cl2O2. The first-order chi connectivity index (χ1) is 11.9. The Morgan fingerprint density at radius 3 is 2.52 bits per heavy atom. The minimum atomic E-state index is -0.586. The van der Waals surface area contributed by atoms with Gasteiger partial charge in [-0.2, -0.15) is 0 Å². The van der Waals surface area contributed by atoms with Crippen molar-refractivity contribution in [1.29, 1.82) is 0 Å². The van der Waals surface area contributed by atoms with Crippen LogP contribution < -0.4 is 0 Å². The normalized spacial score (nSPS) is 26.1. The second-order valence-electron chi connectivity index (χ2n) is 6.80. The maximum absolute atomic E-state index is 12.7. The summed E-state index contributed by atoms with van der Waals surface area (Å²) in [5.74, 6) is -0.173. The summed E-state index contributed by atoms with van der Waals surface area (Å²) in [6, 6.07) is 15.2. The van der Waals surface area contributed by atoms with Crippen molar-refractivity contribution in [2.75, 3.05) is 0 Å². The fraction of sp³-hybridized carbons (Fsp3) is 0.286. The van der Waals surface area contributed by atoms with Crippen molar-refractivity contribution in [3.63, 3.8) is 0 Å². The lowest BCUT2D eigenvalue weighted by atomic mass is 9.71. The van der Waals surface area contributed by atoms with Gasteiger partial charge in [0.25, 0.3) is 0 Å². The number of cyclic esters (lactones) is 1. The third kappa shape index (κ3) is 3.75. The number of rotatable bonds is 4. The van der Waals surface area contributed by atoms with E-state index >= 15 is 0 Å². The van der Waals surface area contributed by atoms with Gasteiger partial charge in [0.2, 0.25) is 0 Å². The standard InChI is InChI=1S/C21H20Cl2O2/c1-3-11-21(2)13-18(15-5-4-6-17(23)12-15)19(25-20(21)24)14-7-9-16(22)10-8-14/h3-10,12,18-19H,1,11,13H2,2H3/t18-,19?,21+/m1/s1. The fourth-order valence-electron chi connectivity index (χ4n) is 3.48. The van der Waals surface area contributed by atoms with Gasteiger partial charge in [-0.05, 0) is 55.2 Å². The van der Waals surface area contributed by atoms with Gasteiger partial charge in [0.1, 0.15) is 6.10 Å². The average Bonchev–Trinajstić information content (AvgIpc) is 2.58. The Morgan fingerprint density at radius 1 is 1.16 bits per heavy atom. The first kappa shape index (κ1) is 18.0. The largest absolute Gasteiger partial charge is 0.456 e. The maximum atomic E-state index is 12.7. The molecule has 25 heavy (non-hydrogen) atoms. The molecule has 0 spiro atoms. The van der Waals surface area contributed by atoms with Crippen molar-refractivity contribution in [1.82, 2.24) is 0 Å². The summed E-state index contributed by atoms with van der Waals surface area (Å²) in [5, 5.41) is 1.33. The highest BCUT2D eigenvalue weighted by atomic mass is 35.5. The van der Waals surface area contributed by atoms with Gasteiger partial charge in [-0.3, -0.25) is 4.79 Å². The zero-order valence-corrected chi connectivity index (χ0v) is 15.6. The number of halogens is 2. The van der Waals surface area contributed by atoms with E-state index in [4.69, 9.17) is 27.9 Å². The molecule has 0 aliphatic carbocycles. The highest BCUT2D eigenvalue weighted by molar-refractivity contribution is 6.30. The third-order valence-corrected chi connectivity index (χ3v) is 5.32. The third-order valence-electron chi connectivity index (χ3n) is 4.83. The Labute approximate surface area is 158 Å². The molecule has 1 aliphatic rings. The molecule has 2 aromatic carbocycles. The lowest BCUT2D eigenvalue weighted by Crippen LogP contribution is -2.39. The number of ether oxygens (including phenoxy) is 1. The van der Waals surface area contributed by atoms with Crippen LogP contribution in [-0.2, 0) is 9.53 Å². The Hall–Kier alpha value is -1.77. The lowest BCUT2D eigenvalue weighted by Gasteiger charge is -2.41. The van der Waals surface area contributed by atoms with E-state index in [-0.39, 0.29) is 18.0 Å². The molecule has 2 nitrogen and oxygen atoms in total. The second kappa shape index (κ2) is 7.23. The highest BCUT2D eigenvalue weighted by Crippen LogP contribution is 2.49. The molecule has 3 atom stereocenters. The average molecular weight is 375 g/mol. The van der Waals surface area contributed by atoms with Crippen molar-refractivity contribution >= 4 is 29.2 Å². The number of hydrogen-bond acceptors (Lipinski definition) is 2. The first-order valence-corrected chi connectivity index (χ1v) is 9.01. The molecule has 2 aromatic rings. The van der Waals surface area contributed by atoms with Crippen LogP contribution in [0.1, 0.15) is 42.9 Å². The van der Waals surface area contributed by atoms with E-state index in [1.165, 1.54) is 0 Å². The molecule has 4 heteroatoms. The highest BCUT2D eigenvalue weighted by Gasteiger charge is 2.46. The summed E-state index contributed by atoms with van der Waals surface area (Å²) in [6.07, 6.45) is 2.67. The van der Waals surface area contributed by atoms with Gasteiger partial charge in [0, 0.05) is 16.0 Å². The van der Waals surface area contributed by atoms with Crippen LogP contribution in [-0.4, -0.2) is 5.97 Å². The number of allylic oxidation sites excluding steroid dienone is 1. The van der Waals surface area contributed by atoms with Gasteiger partial charge in [-0.1, -0.05) is 53.5 Å². The molecule has 0 amide bonds. The van der Waals surface area contributed by atoms with E-state index in [1.807, 2.05) is 55.5 Å². The number of carbonyl (C=O) groups is 1. The molecule has 3 rings (SSSR count). The summed E-state index contributed by atoms with van der Waals surface area (Å²) in [6.45, 7) is 5.73. The van der Waals surface area contributed by atoms with Gasteiger partial charge in [-0.15, -0.1) is 6.58 Å². The Bertz CT molecular complexity index is 785. The quantitative estimate of drug-likeness (QED) is 0.460. The molecule has 0 radical (unpaired) electrons. The number of carbonyl (C=O) groups excluding carboxylic acids is 1. The predicted octanol–water partition coefficient (Wildman–Crippen LogP) is 6.35. The molecular weight excluding hydrogens is 355 g/mol. The van der Waals surface area contributed by atoms with E-state index in [2.05, 4.69) is 6.58 Å². The van der Waals surface area contributed by atoms with Gasteiger partial charge < -0.3 is 4.74 Å². The van der Waals surface area contributed by atoms with Crippen molar-refractivity contribution in [3.05, 3.63) is 82.4 Å². The molecule has 1 fully saturated rings. The Kier molecular flexibility index (Phi) is 5.21. The summed E-state index contributed by atoms with van der Waals surface area (Å²) in [5.41, 5.74) is 1.41. The SMILES string of the molecule is C=CC[C@@]1(C)C[C@H](c2cccc(Cl)c2)C(c2ccc(Cl)cc2)OC1=O. The van der Waals surface area contributed by atoms with Crippen LogP contribution >= 0.6 is 23.2 Å². The van der Waals surface area contributed by atoms with Crippen molar-refractivity contribution in [2.45, 2.75) is 31.8 Å². The molecule has 1 heterocycles. The van der Waals surface area contributed by atoms with Gasteiger partial charge >= 0.3 is 5.97 Å². The molecule has 0 aromatic heterocycles. The van der Waals surface area contributed by atoms with Crippen LogP contribution in [0.4, 0.5) is 0 Å². The summed E-state index contributed by atoms with van der Waals surface area (Å²) in [4.78, 5) is 12.7. The Balaban J connectivity index is 2.03.